The molecule has 0 saturated carbocycles. The van der Waals surface area contributed by atoms with Gasteiger partial charge in [-0.05, 0) is 36.1 Å². The molecule has 0 aromatic heterocycles. The Hall–Kier alpha value is -2.33. The van der Waals surface area contributed by atoms with Crippen molar-refractivity contribution in [3.05, 3.63) is 29.3 Å². The molecule has 0 bridgehead atoms. The Morgan fingerprint density at radius 2 is 1.88 bits per heavy atom. The standard InChI is InChI=1S/C24H33F3N4O3/c1-16(2)13-28-23(33)19-12-17-11-18(24(25,26)27)3-4-20(17)31-6-5-29(14-21(19)31)15-22(32)30-7-9-34-10-8-30/h3-4,11,16,19,21H,5-10,12-15H2,1-2H3,(H,28,33). The van der Waals surface area contributed by atoms with Gasteiger partial charge in [0.15, 0.2) is 0 Å². The number of piperazine rings is 1. The van der Waals surface area contributed by atoms with Gasteiger partial charge >= 0.3 is 6.18 Å². The highest BCUT2D eigenvalue weighted by atomic mass is 19.4. The van der Waals surface area contributed by atoms with Gasteiger partial charge in [0.1, 0.15) is 0 Å². The normalized spacial score (nSPS) is 23.5. The van der Waals surface area contributed by atoms with Gasteiger partial charge in [-0.1, -0.05) is 13.8 Å². The third-order valence-electron chi connectivity index (χ3n) is 6.87. The van der Waals surface area contributed by atoms with Crippen molar-refractivity contribution in [2.75, 3.05) is 63.9 Å². The van der Waals surface area contributed by atoms with Crippen LogP contribution in [-0.4, -0.2) is 86.7 Å². The third-order valence-corrected chi connectivity index (χ3v) is 6.87. The van der Waals surface area contributed by atoms with Gasteiger partial charge in [-0.3, -0.25) is 14.5 Å². The van der Waals surface area contributed by atoms with Crippen LogP contribution < -0.4 is 10.2 Å². The quantitative estimate of drug-likeness (QED) is 0.696. The van der Waals surface area contributed by atoms with Crippen LogP contribution in [0.25, 0.3) is 0 Å². The molecule has 188 valence electrons. The topological polar surface area (TPSA) is 65.1 Å². The number of rotatable bonds is 5. The second kappa shape index (κ2) is 10.1. The highest BCUT2D eigenvalue weighted by molar-refractivity contribution is 5.82. The number of hydrogen-bond acceptors (Lipinski definition) is 5. The molecule has 2 fully saturated rings. The molecule has 2 saturated heterocycles. The van der Waals surface area contributed by atoms with Crippen molar-refractivity contribution < 1.29 is 27.5 Å². The van der Waals surface area contributed by atoms with E-state index in [4.69, 9.17) is 4.74 Å². The van der Waals surface area contributed by atoms with E-state index in [2.05, 4.69) is 15.1 Å². The van der Waals surface area contributed by atoms with Gasteiger partial charge in [-0.25, -0.2) is 0 Å². The third kappa shape index (κ3) is 5.49. The molecule has 34 heavy (non-hydrogen) atoms. The summed E-state index contributed by atoms with van der Waals surface area (Å²) in [5, 5.41) is 2.97. The summed E-state index contributed by atoms with van der Waals surface area (Å²) in [6.45, 7) is 8.68. The first-order valence-corrected chi connectivity index (χ1v) is 12.0. The Kier molecular flexibility index (Phi) is 7.37. The molecule has 1 aromatic rings. The van der Waals surface area contributed by atoms with Crippen molar-refractivity contribution in [2.45, 2.75) is 32.5 Å². The molecule has 7 nitrogen and oxygen atoms in total. The molecule has 0 radical (unpaired) electrons. The molecule has 4 rings (SSSR count). The maximum atomic E-state index is 13.3. The van der Waals surface area contributed by atoms with Gasteiger partial charge in [0.05, 0.1) is 37.3 Å². The number of halogens is 3. The Balaban J connectivity index is 1.54. The first-order chi connectivity index (χ1) is 16.1. The fraction of sp³-hybridized carbons (Fsp3) is 0.667. The molecular formula is C24H33F3N4O3. The minimum absolute atomic E-state index is 0.0450. The number of nitrogens with zero attached hydrogens (tertiary/aromatic N) is 3. The fourth-order valence-electron chi connectivity index (χ4n) is 5.04. The number of anilines is 1. The minimum atomic E-state index is -4.43. The maximum absolute atomic E-state index is 13.3. The number of amides is 2. The number of ether oxygens (including phenoxy) is 1. The van der Waals surface area contributed by atoms with Crippen molar-refractivity contribution in [3.63, 3.8) is 0 Å². The zero-order chi connectivity index (χ0) is 24.5. The molecule has 0 aliphatic carbocycles. The van der Waals surface area contributed by atoms with Crippen molar-refractivity contribution in [1.82, 2.24) is 15.1 Å². The first-order valence-electron chi connectivity index (χ1n) is 12.0. The fourth-order valence-corrected chi connectivity index (χ4v) is 5.04. The first kappa shape index (κ1) is 24.8. The van der Waals surface area contributed by atoms with E-state index in [1.54, 1.807) is 4.90 Å². The lowest BCUT2D eigenvalue weighted by molar-refractivity contribution is -0.138. The number of alkyl halides is 3. The Labute approximate surface area is 198 Å². The zero-order valence-corrected chi connectivity index (χ0v) is 19.7. The van der Waals surface area contributed by atoms with Gasteiger partial charge in [0.2, 0.25) is 11.8 Å². The van der Waals surface area contributed by atoms with Crippen molar-refractivity contribution in [1.29, 1.82) is 0 Å². The van der Waals surface area contributed by atoms with E-state index >= 15 is 0 Å². The molecule has 2 unspecified atom stereocenters. The summed E-state index contributed by atoms with van der Waals surface area (Å²) >= 11 is 0. The van der Waals surface area contributed by atoms with Crippen LogP contribution in [0.4, 0.5) is 18.9 Å². The van der Waals surface area contributed by atoms with Crippen LogP contribution in [0.3, 0.4) is 0 Å². The van der Waals surface area contributed by atoms with Gasteiger partial charge < -0.3 is 19.9 Å². The molecule has 2 atom stereocenters. The van der Waals surface area contributed by atoms with Crippen LogP contribution >= 0.6 is 0 Å². The summed E-state index contributed by atoms with van der Waals surface area (Å²) in [6.07, 6.45) is -4.19. The van der Waals surface area contributed by atoms with Crippen LogP contribution in [0.5, 0.6) is 0 Å². The molecule has 3 aliphatic rings. The van der Waals surface area contributed by atoms with Gasteiger partial charge in [0.25, 0.3) is 0 Å². The summed E-state index contributed by atoms with van der Waals surface area (Å²) in [5.74, 6) is -0.325. The molecule has 3 aliphatic heterocycles. The predicted octanol–water partition coefficient (Wildman–Crippen LogP) is 2.00. The van der Waals surface area contributed by atoms with Crippen molar-refractivity contribution in [2.24, 2.45) is 11.8 Å². The van der Waals surface area contributed by atoms with Crippen LogP contribution in [-0.2, 0) is 26.9 Å². The van der Waals surface area contributed by atoms with Crippen molar-refractivity contribution in [3.8, 4) is 0 Å². The summed E-state index contributed by atoms with van der Waals surface area (Å²) in [5.41, 5.74) is 0.611. The molecule has 3 heterocycles. The lowest BCUT2D eigenvalue weighted by Crippen LogP contribution is -2.62. The van der Waals surface area contributed by atoms with E-state index in [0.717, 1.165) is 11.8 Å². The van der Waals surface area contributed by atoms with Crippen LogP contribution in [0.15, 0.2) is 18.2 Å². The average molecular weight is 483 g/mol. The van der Waals surface area contributed by atoms with E-state index < -0.39 is 17.7 Å². The van der Waals surface area contributed by atoms with E-state index in [-0.39, 0.29) is 36.7 Å². The van der Waals surface area contributed by atoms with Crippen LogP contribution in [0.1, 0.15) is 25.0 Å². The van der Waals surface area contributed by atoms with E-state index in [1.165, 1.54) is 12.1 Å². The minimum Gasteiger partial charge on any atom is -0.378 e. The summed E-state index contributed by atoms with van der Waals surface area (Å²) in [4.78, 5) is 31.9. The molecule has 1 N–H and O–H groups in total. The largest absolute Gasteiger partial charge is 0.416 e. The molecular weight excluding hydrogens is 449 g/mol. The van der Waals surface area contributed by atoms with Gasteiger partial charge in [0, 0.05) is 45.0 Å². The maximum Gasteiger partial charge on any atom is 0.416 e. The van der Waals surface area contributed by atoms with E-state index in [9.17, 15) is 22.8 Å². The van der Waals surface area contributed by atoms with Gasteiger partial charge in [-0.2, -0.15) is 13.2 Å². The average Bonchev–Trinajstić information content (AvgIpc) is 2.81. The monoisotopic (exact) mass is 482 g/mol. The summed E-state index contributed by atoms with van der Waals surface area (Å²) < 4.78 is 45.3. The van der Waals surface area contributed by atoms with E-state index in [1.807, 2.05) is 13.8 Å². The lowest BCUT2D eigenvalue weighted by atomic mass is 9.82. The Morgan fingerprint density at radius 1 is 1.15 bits per heavy atom. The smallest absolute Gasteiger partial charge is 0.378 e. The number of hydrogen-bond donors (Lipinski definition) is 1. The van der Waals surface area contributed by atoms with Gasteiger partial charge in [-0.15, -0.1) is 0 Å². The predicted molar refractivity (Wildman–Crippen MR) is 121 cm³/mol. The SMILES string of the molecule is CC(C)CNC(=O)C1Cc2cc(C(F)(F)F)ccc2N2CCN(CC(=O)N3CCOCC3)CC12. The van der Waals surface area contributed by atoms with Crippen LogP contribution in [0.2, 0.25) is 0 Å². The number of carbonyl (C=O) groups excluding carboxylic acids is 2. The second-order valence-electron chi connectivity index (χ2n) is 9.78. The number of nitrogens with one attached hydrogen (secondary N) is 1. The number of morpholine rings is 1. The summed E-state index contributed by atoms with van der Waals surface area (Å²) in [6, 6.07) is 3.62. The highest BCUT2D eigenvalue weighted by Gasteiger charge is 2.43. The number of carbonyl (C=O) groups is 2. The Bertz CT molecular complexity index is 902. The lowest BCUT2D eigenvalue weighted by Gasteiger charge is -2.49. The zero-order valence-electron chi connectivity index (χ0n) is 19.7. The molecule has 2 amide bonds. The Morgan fingerprint density at radius 3 is 2.56 bits per heavy atom. The molecule has 0 spiro atoms. The summed E-state index contributed by atoms with van der Waals surface area (Å²) in [7, 11) is 0. The van der Waals surface area contributed by atoms with Crippen LogP contribution in [0, 0.1) is 11.8 Å². The van der Waals surface area contributed by atoms with Crippen molar-refractivity contribution >= 4 is 17.5 Å². The highest BCUT2D eigenvalue weighted by Crippen LogP contribution is 2.39. The molecule has 10 heteroatoms. The second-order valence-corrected chi connectivity index (χ2v) is 9.78. The number of benzene rings is 1. The molecule has 1 aromatic carbocycles. The van der Waals surface area contributed by atoms with E-state index in [0.29, 0.717) is 58.0 Å². The number of fused-ring (bicyclic) bond motifs is 3.